The van der Waals surface area contributed by atoms with Crippen molar-refractivity contribution >= 4 is 23.9 Å². The minimum Gasteiger partial charge on any atom is -0.680 e. The number of rotatable bonds is 4. The second-order valence-electron chi connectivity index (χ2n) is 3.16. The molecule has 8 N–H and O–H groups in total. The number of aromatic carboxylic acids is 4. The molecule has 0 saturated carbocycles. The maximum Gasteiger partial charge on any atom is 2.00 e. The zero-order chi connectivity index (χ0) is 22.0. The monoisotopic (exact) mass is 764 g/mol. The van der Waals surface area contributed by atoms with E-state index in [9.17, 15) is 19.2 Å². The molecule has 1 rings (SSSR count). The molecule has 0 atom stereocenters. The third-order valence-corrected chi connectivity index (χ3v) is 2.08. The van der Waals surface area contributed by atoms with Crippen LogP contribution in [0.4, 0.5) is 0 Å². The summed E-state index contributed by atoms with van der Waals surface area (Å²) in [6, 6.07) is 1.02. The maximum atomic E-state index is 10.8. The van der Waals surface area contributed by atoms with E-state index in [4.69, 9.17) is 43.4 Å². The largest absolute Gasteiger partial charge is 2.00 e. The van der Waals surface area contributed by atoms with Gasteiger partial charge in [-0.15, -0.1) is 0 Å². The van der Waals surface area contributed by atoms with E-state index in [2.05, 4.69) is 0 Å². The third kappa shape index (κ3) is 14.4. The van der Waals surface area contributed by atoms with E-state index in [-0.39, 0.29) is 42.1 Å². The van der Waals surface area contributed by atoms with Crippen LogP contribution in [-0.2, 0) is 42.1 Å². The van der Waals surface area contributed by atoms with Gasteiger partial charge >= 0.3 is 66.0 Å². The first-order valence-electron chi connectivity index (χ1n) is 6.37. The van der Waals surface area contributed by atoms with Gasteiger partial charge in [0.1, 0.15) is 0 Å². The molecule has 1 aromatic rings. The first-order valence-corrected chi connectivity index (χ1v) is 6.37. The second-order valence-corrected chi connectivity index (χ2v) is 3.16. The standard InChI is InChI=1S/C10H6O8.4CH4N.2Pt/c11-7(12)3-1-4(8(13)14)6(10(17)18)2-5(3)9(15)16;4*1-2;;/h1-2H,(H,11,12)(H,13,14)(H,15,16)(H,17,18);4*2H,1H3;;/q;4*-1;2*+2. The van der Waals surface area contributed by atoms with Gasteiger partial charge in [-0.1, -0.05) is 0 Å². The van der Waals surface area contributed by atoms with Gasteiger partial charge in [-0.25, -0.2) is 19.2 Å². The summed E-state index contributed by atoms with van der Waals surface area (Å²) in [5.41, 5.74) is 19.9. The summed E-state index contributed by atoms with van der Waals surface area (Å²) >= 11 is 0. The summed E-state index contributed by atoms with van der Waals surface area (Å²) in [6.45, 7) is 0. The molecule has 0 aliphatic rings. The van der Waals surface area contributed by atoms with Crippen molar-refractivity contribution < 1.29 is 81.7 Å². The number of carboxylic acids is 4. The molecule has 0 saturated heterocycles. The van der Waals surface area contributed by atoms with Crippen LogP contribution in [0.25, 0.3) is 22.9 Å². The van der Waals surface area contributed by atoms with Crippen molar-refractivity contribution in [1.82, 2.24) is 0 Å². The Labute approximate surface area is 190 Å². The van der Waals surface area contributed by atoms with Gasteiger partial charge < -0.3 is 43.4 Å². The molecule has 0 heterocycles. The van der Waals surface area contributed by atoms with Crippen LogP contribution in [0.15, 0.2) is 12.1 Å². The van der Waals surface area contributed by atoms with Crippen LogP contribution in [0.5, 0.6) is 0 Å². The van der Waals surface area contributed by atoms with Gasteiger partial charge in [-0.3, -0.25) is 0 Å². The van der Waals surface area contributed by atoms with E-state index in [0.717, 1.165) is 0 Å². The first kappa shape index (κ1) is 40.9. The first-order chi connectivity index (χ1) is 12.3. The normalized spacial score (nSPS) is 7.14. The third-order valence-electron chi connectivity index (χ3n) is 2.08. The van der Waals surface area contributed by atoms with Crippen LogP contribution in [-0.4, -0.2) is 72.5 Å². The minimum atomic E-state index is -1.66. The SMILES string of the molecule is C[NH-].C[NH-].C[NH-].C[NH-].O=C(O)c1cc(C(=O)O)c(C(=O)O)cc1C(=O)O.[Pt+2].[Pt+2]. The van der Waals surface area contributed by atoms with E-state index in [1.807, 2.05) is 0 Å². The molecular formula is C14H22N4O8Pt2. The number of nitrogens with one attached hydrogen (secondary N) is 4. The molecule has 0 aromatic heterocycles. The fraction of sp³-hybridized carbons (Fsp3) is 0.286. The Morgan fingerprint density at radius 3 is 0.679 bits per heavy atom. The smallest absolute Gasteiger partial charge is 0.680 e. The van der Waals surface area contributed by atoms with Crippen LogP contribution in [0.1, 0.15) is 41.4 Å². The molecule has 0 spiro atoms. The van der Waals surface area contributed by atoms with E-state index in [1.54, 1.807) is 0 Å². The number of carboxylic acid groups (broad SMARTS) is 4. The van der Waals surface area contributed by atoms with Crippen molar-refractivity contribution in [2.24, 2.45) is 0 Å². The van der Waals surface area contributed by atoms with Crippen molar-refractivity contribution in [3.63, 3.8) is 0 Å². The van der Waals surface area contributed by atoms with Gasteiger partial charge in [0.25, 0.3) is 0 Å². The predicted octanol–water partition coefficient (Wildman–Crippen LogP) is 3.15. The fourth-order valence-corrected chi connectivity index (χ4v) is 1.31. The number of benzene rings is 1. The van der Waals surface area contributed by atoms with Crippen LogP contribution >= 0.6 is 0 Å². The Balaban J connectivity index is -0.000000107. The molecule has 1 aromatic carbocycles. The molecule has 12 nitrogen and oxygen atoms in total. The summed E-state index contributed by atoms with van der Waals surface area (Å²) in [4.78, 5) is 43.1. The van der Waals surface area contributed by atoms with Crippen molar-refractivity contribution in [2.45, 2.75) is 0 Å². The Hall–Kier alpha value is -1.68. The Morgan fingerprint density at radius 1 is 0.500 bits per heavy atom. The summed E-state index contributed by atoms with van der Waals surface area (Å²) in [6.07, 6.45) is 0. The minimum absolute atomic E-state index is 0. The molecule has 0 radical (unpaired) electrons. The van der Waals surface area contributed by atoms with Crippen molar-refractivity contribution in [3.8, 4) is 0 Å². The molecule has 166 valence electrons. The van der Waals surface area contributed by atoms with Gasteiger partial charge in [-0.2, -0.15) is 28.2 Å². The van der Waals surface area contributed by atoms with Crippen molar-refractivity contribution in [2.75, 3.05) is 28.2 Å². The fourth-order valence-electron chi connectivity index (χ4n) is 1.31. The van der Waals surface area contributed by atoms with Crippen LogP contribution < -0.4 is 0 Å². The summed E-state index contributed by atoms with van der Waals surface area (Å²) < 4.78 is 0. The van der Waals surface area contributed by atoms with Gasteiger partial charge in [0.2, 0.25) is 0 Å². The van der Waals surface area contributed by atoms with Crippen LogP contribution in [0, 0.1) is 0 Å². The topological polar surface area (TPSA) is 244 Å². The Kier molecular flexibility index (Phi) is 36.9. The maximum absolute atomic E-state index is 10.8. The predicted molar refractivity (Wildman–Crippen MR) is 95.3 cm³/mol. The zero-order valence-electron chi connectivity index (χ0n) is 15.2. The average molecular weight is 765 g/mol. The van der Waals surface area contributed by atoms with Crippen LogP contribution in [0.3, 0.4) is 0 Å². The zero-order valence-corrected chi connectivity index (χ0v) is 19.8. The molecule has 0 unspecified atom stereocenters. The van der Waals surface area contributed by atoms with E-state index >= 15 is 0 Å². The molecule has 0 amide bonds. The Morgan fingerprint density at radius 2 is 0.607 bits per heavy atom. The second kappa shape index (κ2) is 25.3. The van der Waals surface area contributed by atoms with Crippen LogP contribution in [0.2, 0.25) is 0 Å². The number of hydrogen-bond donors (Lipinski definition) is 4. The Bertz CT molecular complexity index is 503. The summed E-state index contributed by atoms with van der Waals surface area (Å²) in [5.74, 6) is -6.64. The molecule has 0 aliphatic carbocycles. The van der Waals surface area contributed by atoms with Gasteiger partial charge in [0, 0.05) is 0 Å². The number of carbonyl (C=O) groups is 4. The molecule has 14 heteroatoms. The van der Waals surface area contributed by atoms with Crippen molar-refractivity contribution in [3.05, 3.63) is 57.3 Å². The van der Waals surface area contributed by atoms with E-state index < -0.39 is 46.1 Å². The quantitative estimate of drug-likeness (QED) is 0.354. The summed E-state index contributed by atoms with van der Waals surface area (Å²) in [7, 11) is 5.00. The summed E-state index contributed by atoms with van der Waals surface area (Å²) in [5, 5.41) is 35.0. The number of hydrogen-bond acceptors (Lipinski definition) is 4. The molecule has 0 aliphatic heterocycles. The van der Waals surface area contributed by atoms with E-state index in [0.29, 0.717) is 12.1 Å². The molecule has 28 heavy (non-hydrogen) atoms. The van der Waals surface area contributed by atoms with Gasteiger partial charge in [0.15, 0.2) is 0 Å². The molecular weight excluding hydrogens is 742 g/mol. The van der Waals surface area contributed by atoms with Gasteiger partial charge in [-0.05, 0) is 12.1 Å². The molecule has 0 fully saturated rings. The van der Waals surface area contributed by atoms with Crippen molar-refractivity contribution in [1.29, 1.82) is 0 Å². The molecule has 0 bridgehead atoms. The average Bonchev–Trinajstić information content (AvgIpc) is 2.66. The van der Waals surface area contributed by atoms with Gasteiger partial charge in [0.05, 0.1) is 22.3 Å². The van der Waals surface area contributed by atoms with E-state index in [1.165, 1.54) is 28.2 Å².